The predicted molar refractivity (Wildman–Crippen MR) is 77.6 cm³/mol. The molecule has 1 aromatic carbocycles. The lowest BCUT2D eigenvalue weighted by atomic mass is 9.86. The van der Waals surface area contributed by atoms with Crippen molar-refractivity contribution in [2.75, 3.05) is 0 Å². The van der Waals surface area contributed by atoms with Crippen LogP contribution < -0.4 is 0 Å². The number of carbonyl (C=O) groups is 1. The van der Waals surface area contributed by atoms with Gasteiger partial charge in [0.2, 0.25) is 0 Å². The van der Waals surface area contributed by atoms with Crippen molar-refractivity contribution in [2.45, 2.75) is 53.4 Å². The summed E-state index contributed by atoms with van der Waals surface area (Å²) in [6.07, 6.45) is 3.68. The number of rotatable bonds is 6. The van der Waals surface area contributed by atoms with E-state index in [1.807, 2.05) is 6.07 Å². The van der Waals surface area contributed by atoms with Crippen LogP contribution in [0, 0.1) is 11.3 Å². The molecule has 1 aromatic rings. The highest BCUT2D eigenvalue weighted by atomic mass is 16.1. The second-order valence-corrected chi connectivity index (χ2v) is 6.45. The van der Waals surface area contributed by atoms with E-state index in [1.54, 1.807) is 0 Å². The Morgan fingerprint density at radius 2 is 1.78 bits per heavy atom. The Hall–Kier alpha value is -1.11. The van der Waals surface area contributed by atoms with Crippen LogP contribution in [0.1, 0.15) is 52.5 Å². The van der Waals surface area contributed by atoms with E-state index >= 15 is 0 Å². The van der Waals surface area contributed by atoms with Crippen LogP contribution in [0.15, 0.2) is 30.3 Å². The summed E-state index contributed by atoms with van der Waals surface area (Å²) in [4.78, 5) is 12.0. The third-order valence-electron chi connectivity index (χ3n) is 3.38. The summed E-state index contributed by atoms with van der Waals surface area (Å²) in [5, 5.41) is 0. The molecule has 18 heavy (non-hydrogen) atoms. The number of hydrogen-bond donors (Lipinski definition) is 0. The zero-order valence-corrected chi connectivity index (χ0v) is 12.2. The van der Waals surface area contributed by atoms with Gasteiger partial charge in [0.05, 0.1) is 0 Å². The summed E-state index contributed by atoms with van der Waals surface area (Å²) in [5.41, 5.74) is 1.59. The van der Waals surface area contributed by atoms with Crippen LogP contribution in [-0.4, -0.2) is 5.78 Å². The molecule has 0 saturated carbocycles. The molecule has 0 spiro atoms. The Bertz CT molecular complexity index is 359. The molecular weight excluding hydrogens is 220 g/mol. The van der Waals surface area contributed by atoms with Crippen molar-refractivity contribution in [3.63, 3.8) is 0 Å². The van der Waals surface area contributed by atoms with Crippen LogP contribution >= 0.6 is 0 Å². The molecule has 0 aliphatic rings. The minimum atomic E-state index is 0.188. The summed E-state index contributed by atoms with van der Waals surface area (Å²) in [7, 11) is 0. The summed E-state index contributed by atoms with van der Waals surface area (Å²) >= 11 is 0. The predicted octanol–water partition coefficient (Wildman–Crippen LogP) is 4.65. The molecule has 1 atom stereocenters. The van der Waals surface area contributed by atoms with Crippen LogP contribution in [0.5, 0.6) is 0 Å². The molecule has 0 N–H and O–H groups in total. The fourth-order valence-corrected chi connectivity index (χ4v) is 1.93. The van der Waals surface area contributed by atoms with E-state index in [0.717, 1.165) is 25.7 Å². The first-order valence-electron chi connectivity index (χ1n) is 6.95. The first kappa shape index (κ1) is 14.9. The topological polar surface area (TPSA) is 17.1 Å². The molecule has 0 aliphatic carbocycles. The summed E-state index contributed by atoms with van der Waals surface area (Å²) < 4.78 is 0. The van der Waals surface area contributed by atoms with Gasteiger partial charge in [0.25, 0.3) is 0 Å². The van der Waals surface area contributed by atoms with Crippen molar-refractivity contribution in [2.24, 2.45) is 11.3 Å². The average Bonchev–Trinajstić information content (AvgIpc) is 2.33. The minimum Gasteiger partial charge on any atom is -0.299 e. The molecule has 0 radical (unpaired) electrons. The molecule has 1 rings (SSSR count). The first-order chi connectivity index (χ1) is 8.38. The van der Waals surface area contributed by atoms with E-state index in [4.69, 9.17) is 0 Å². The van der Waals surface area contributed by atoms with Crippen molar-refractivity contribution >= 4 is 5.78 Å². The lowest BCUT2D eigenvalue weighted by Crippen LogP contribution is -2.15. The van der Waals surface area contributed by atoms with Crippen molar-refractivity contribution in [1.29, 1.82) is 0 Å². The largest absolute Gasteiger partial charge is 0.299 e. The Balaban J connectivity index is 2.32. The lowest BCUT2D eigenvalue weighted by Gasteiger charge is -2.18. The van der Waals surface area contributed by atoms with Gasteiger partial charge in [0.1, 0.15) is 5.78 Å². The van der Waals surface area contributed by atoms with Crippen LogP contribution in [-0.2, 0) is 11.2 Å². The van der Waals surface area contributed by atoms with Crippen molar-refractivity contribution < 1.29 is 4.79 Å². The van der Waals surface area contributed by atoms with Gasteiger partial charge in [-0.2, -0.15) is 0 Å². The standard InChI is InChI=1S/C17H26O/c1-14(16(18)12-13-17(2,3)4)10-11-15-8-6-5-7-9-15/h5-9,14H,10-13H2,1-4H3/t14-/m0/s1. The van der Waals surface area contributed by atoms with Gasteiger partial charge < -0.3 is 0 Å². The van der Waals surface area contributed by atoms with Crippen molar-refractivity contribution in [3.05, 3.63) is 35.9 Å². The highest BCUT2D eigenvalue weighted by Gasteiger charge is 2.17. The molecule has 0 saturated heterocycles. The molecule has 100 valence electrons. The second-order valence-electron chi connectivity index (χ2n) is 6.45. The van der Waals surface area contributed by atoms with Crippen LogP contribution in [0.3, 0.4) is 0 Å². The van der Waals surface area contributed by atoms with Gasteiger partial charge in [0, 0.05) is 12.3 Å². The molecular formula is C17H26O. The number of Topliss-reactive ketones (excluding diaryl/α,β-unsaturated/α-hetero) is 1. The second kappa shape index (κ2) is 6.72. The fourth-order valence-electron chi connectivity index (χ4n) is 1.93. The number of hydrogen-bond acceptors (Lipinski definition) is 1. The van der Waals surface area contributed by atoms with Crippen molar-refractivity contribution in [3.8, 4) is 0 Å². The van der Waals surface area contributed by atoms with Gasteiger partial charge in [-0.25, -0.2) is 0 Å². The summed E-state index contributed by atoms with van der Waals surface area (Å²) in [5.74, 6) is 0.605. The van der Waals surface area contributed by atoms with Gasteiger partial charge >= 0.3 is 0 Å². The zero-order chi connectivity index (χ0) is 13.6. The monoisotopic (exact) mass is 246 g/mol. The number of carbonyl (C=O) groups excluding carboxylic acids is 1. The molecule has 1 heteroatoms. The molecule has 0 aliphatic heterocycles. The maximum absolute atomic E-state index is 12.0. The Kier molecular flexibility index (Phi) is 5.58. The molecule has 0 fully saturated rings. The maximum Gasteiger partial charge on any atom is 0.135 e. The lowest BCUT2D eigenvalue weighted by molar-refractivity contribution is -0.123. The number of benzene rings is 1. The third-order valence-corrected chi connectivity index (χ3v) is 3.38. The van der Waals surface area contributed by atoms with Gasteiger partial charge in [-0.3, -0.25) is 4.79 Å². The third kappa shape index (κ3) is 6.00. The summed E-state index contributed by atoms with van der Waals surface area (Å²) in [6, 6.07) is 10.4. The first-order valence-corrected chi connectivity index (χ1v) is 6.95. The quantitative estimate of drug-likeness (QED) is 0.714. The van der Waals surface area contributed by atoms with Crippen LogP contribution in [0.25, 0.3) is 0 Å². The van der Waals surface area contributed by atoms with Gasteiger partial charge in [-0.05, 0) is 30.2 Å². The van der Waals surface area contributed by atoms with E-state index in [9.17, 15) is 4.79 Å². The molecule has 0 aromatic heterocycles. The van der Waals surface area contributed by atoms with E-state index in [-0.39, 0.29) is 11.3 Å². The normalized spacial score (nSPS) is 13.3. The highest BCUT2D eigenvalue weighted by molar-refractivity contribution is 5.80. The fraction of sp³-hybridized carbons (Fsp3) is 0.588. The summed E-state index contributed by atoms with van der Waals surface area (Å²) in [6.45, 7) is 8.63. The SMILES string of the molecule is C[C@@H](CCc1ccccc1)C(=O)CCC(C)(C)C. The zero-order valence-electron chi connectivity index (χ0n) is 12.2. The van der Waals surface area contributed by atoms with E-state index in [2.05, 4.69) is 52.0 Å². The van der Waals surface area contributed by atoms with E-state index in [0.29, 0.717) is 5.78 Å². The van der Waals surface area contributed by atoms with Gasteiger partial charge in [-0.1, -0.05) is 58.0 Å². The Morgan fingerprint density at radius 1 is 1.17 bits per heavy atom. The van der Waals surface area contributed by atoms with E-state index < -0.39 is 0 Å². The molecule has 1 nitrogen and oxygen atoms in total. The highest BCUT2D eigenvalue weighted by Crippen LogP contribution is 2.22. The average molecular weight is 246 g/mol. The minimum absolute atomic E-state index is 0.188. The number of aryl methyl sites for hydroxylation is 1. The van der Waals surface area contributed by atoms with E-state index in [1.165, 1.54) is 5.56 Å². The molecule has 0 amide bonds. The maximum atomic E-state index is 12.0. The molecule has 0 bridgehead atoms. The Morgan fingerprint density at radius 3 is 2.33 bits per heavy atom. The van der Waals surface area contributed by atoms with Crippen LogP contribution in [0.2, 0.25) is 0 Å². The number of ketones is 1. The smallest absolute Gasteiger partial charge is 0.135 e. The van der Waals surface area contributed by atoms with Crippen LogP contribution in [0.4, 0.5) is 0 Å². The van der Waals surface area contributed by atoms with Gasteiger partial charge in [-0.15, -0.1) is 0 Å². The van der Waals surface area contributed by atoms with Gasteiger partial charge in [0.15, 0.2) is 0 Å². The van der Waals surface area contributed by atoms with Crippen molar-refractivity contribution in [1.82, 2.24) is 0 Å². The Labute approximate surface area is 112 Å². The molecule has 0 unspecified atom stereocenters. The molecule has 0 heterocycles.